The number of nitrogens with zero attached hydrogens (tertiary/aromatic N) is 2. The number of aromatic amines is 1. The minimum atomic E-state index is -0.281. The summed E-state index contributed by atoms with van der Waals surface area (Å²) in [5.41, 5.74) is 6.63. The van der Waals surface area contributed by atoms with Gasteiger partial charge in [0.2, 0.25) is 11.9 Å². The molecule has 0 bridgehead atoms. The Hall–Kier alpha value is -2.34. The monoisotopic (exact) mass is 277 g/mol. The zero-order valence-corrected chi connectivity index (χ0v) is 10.9. The average molecular weight is 278 g/mol. The number of hydrogen-bond donors (Lipinski definition) is 3. The molecule has 98 valence electrons. The maximum absolute atomic E-state index is 11.3. The third-order valence-corrected chi connectivity index (χ3v) is 2.55. The van der Waals surface area contributed by atoms with Crippen LogP contribution < -0.4 is 16.6 Å². The number of guanidine groups is 1. The van der Waals surface area contributed by atoms with Gasteiger partial charge in [-0.25, -0.2) is 4.98 Å². The predicted molar refractivity (Wildman–Crippen MR) is 76.0 cm³/mol. The number of hydrogen-bond acceptors (Lipinski definition) is 3. The topological polar surface area (TPSA) is 96.2 Å². The van der Waals surface area contributed by atoms with E-state index in [1.165, 1.54) is 6.07 Å². The molecule has 1 heterocycles. The van der Waals surface area contributed by atoms with Crippen molar-refractivity contribution in [3.05, 3.63) is 51.4 Å². The summed E-state index contributed by atoms with van der Waals surface area (Å²) in [6.45, 7) is 1.70. The Morgan fingerprint density at radius 3 is 2.89 bits per heavy atom. The molecule has 1 aromatic carbocycles. The van der Waals surface area contributed by atoms with Gasteiger partial charge >= 0.3 is 0 Å². The number of nitrogens with two attached hydrogens (primary N) is 1. The van der Waals surface area contributed by atoms with Crippen molar-refractivity contribution < 1.29 is 0 Å². The minimum Gasteiger partial charge on any atom is -0.369 e. The number of aryl methyl sites for hydroxylation is 1. The summed E-state index contributed by atoms with van der Waals surface area (Å²) in [6, 6.07) is 8.48. The van der Waals surface area contributed by atoms with Crippen LogP contribution in [0.2, 0.25) is 5.02 Å². The first kappa shape index (κ1) is 13.1. The van der Waals surface area contributed by atoms with E-state index in [1.54, 1.807) is 25.1 Å². The Bertz CT molecular complexity index is 680. The summed E-state index contributed by atoms with van der Waals surface area (Å²) in [7, 11) is 0. The molecule has 2 rings (SSSR count). The highest BCUT2D eigenvalue weighted by Gasteiger charge is 2.01. The Balaban J connectivity index is 2.24. The van der Waals surface area contributed by atoms with E-state index in [4.69, 9.17) is 17.3 Å². The molecule has 7 heteroatoms. The normalized spacial score (nSPS) is 11.4. The molecule has 1 aromatic heterocycles. The van der Waals surface area contributed by atoms with E-state index in [-0.39, 0.29) is 17.5 Å². The maximum Gasteiger partial charge on any atom is 0.252 e. The van der Waals surface area contributed by atoms with Crippen LogP contribution >= 0.6 is 11.6 Å². The standard InChI is InChI=1S/C12H12ClN5O/c1-7-6-10(19)17-12(15-7)18-11(14)16-9-5-3-2-4-8(9)13/h2-6H,1H3,(H4,14,15,16,17,18,19). The summed E-state index contributed by atoms with van der Waals surface area (Å²) < 4.78 is 0. The van der Waals surface area contributed by atoms with Gasteiger partial charge in [0, 0.05) is 11.8 Å². The molecule has 2 aromatic rings. The number of anilines is 1. The largest absolute Gasteiger partial charge is 0.369 e. The fourth-order valence-corrected chi connectivity index (χ4v) is 1.64. The highest BCUT2D eigenvalue weighted by Crippen LogP contribution is 2.20. The lowest BCUT2D eigenvalue weighted by Crippen LogP contribution is -2.22. The van der Waals surface area contributed by atoms with E-state index < -0.39 is 0 Å². The van der Waals surface area contributed by atoms with E-state index in [9.17, 15) is 4.79 Å². The second-order valence-corrected chi connectivity index (χ2v) is 4.22. The van der Waals surface area contributed by atoms with Gasteiger partial charge in [-0.1, -0.05) is 23.7 Å². The number of rotatable bonds is 2. The van der Waals surface area contributed by atoms with Crippen LogP contribution in [0.15, 0.2) is 40.1 Å². The minimum absolute atomic E-state index is 0.0850. The molecule has 19 heavy (non-hydrogen) atoms. The highest BCUT2D eigenvalue weighted by atomic mass is 35.5. The van der Waals surface area contributed by atoms with Gasteiger partial charge in [-0.05, 0) is 19.1 Å². The molecule has 0 aliphatic rings. The molecule has 0 fully saturated rings. The smallest absolute Gasteiger partial charge is 0.252 e. The number of aromatic nitrogens is 2. The van der Waals surface area contributed by atoms with Gasteiger partial charge in [0.1, 0.15) is 0 Å². The summed E-state index contributed by atoms with van der Waals surface area (Å²) in [5.74, 6) is 0.226. The van der Waals surface area contributed by atoms with Gasteiger partial charge in [0.05, 0.1) is 10.7 Å². The Morgan fingerprint density at radius 1 is 1.47 bits per heavy atom. The molecule has 0 amide bonds. The van der Waals surface area contributed by atoms with Crippen molar-refractivity contribution in [2.24, 2.45) is 10.7 Å². The van der Waals surface area contributed by atoms with Crippen LogP contribution in [-0.2, 0) is 0 Å². The highest BCUT2D eigenvalue weighted by molar-refractivity contribution is 6.33. The number of nitrogens with one attached hydrogen (secondary N) is 2. The molecule has 0 spiro atoms. The summed E-state index contributed by atoms with van der Waals surface area (Å²) >= 11 is 5.98. The van der Waals surface area contributed by atoms with Crippen LogP contribution in [0.1, 0.15) is 5.69 Å². The van der Waals surface area contributed by atoms with Gasteiger partial charge < -0.3 is 11.1 Å². The van der Waals surface area contributed by atoms with Gasteiger partial charge in [-0.2, -0.15) is 4.99 Å². The fraction of sp³-hybridized carbons (Fsp3) is 0.0833. The number of H-pyrrole nitrogens is 1. The molecule has 6 nitrogen and oxygen atoms in total. The van der Waals surface area contributed by atoms with E-state index >= 15 is 0 Å². The second-order valence-electron chi connectivity index (χ2n) is 3.81. The van der Waals surface area contributed by atoms with Crippen molar-refractivity contribution in [1.29, 1.82) is 0 Å². The van der Waals surface area contributed by atoms with E-state index in [0.29, 0.717) is 16.4 Å². The van der Waals surface area contributed by atoms with Gasteiger partial charge in [-0.3, -0.25) is 9.78 Å². The van der Waals surface area contributed by atoms with Crippen LogP contribution in [0.25, 0.3) is 0 Å². The molecular formula is C12H12ClN5O. The van der Waals surface area contributed by atoms with Crippen LogP contribution in [0.5, 0.6) is 0 Å². The average Bonchev–Trinajstić information content (AvgIpc) is 2.30. The lowest BCUT2D eigenvalue weighted by Gasteiger charge is -2.06. The second kappa shape index (κ2) is 5.53. The molecule has 0 saturated carbocycles. The van der Waals surface area contributed by atoms with Crippen molar-refractivity contribution in [2.45, 2.75) is 6.92 Å². The quantitative estimate of drug-likeness (QED) is 0.576. The van der Waals surface area contributed by atoms with E-state index in [0.717, 1.165) is 0 Å². The third kappa shape index (κ3) is 3.56. The van der Waals surface area contributed by atoms with E-state index in [2.05, 4.69) is 20.3 Å². The number of aliphatic imine (C=N–C) groups is 1. The van der Waals surface area contributed by atoms with Crippen LogP contribution in [0.4, 0.5) is 11.6 Å². The van der Waals surface area contributed by atoms with Crippen molar-refractivity contribution in [1.82, 2.24) is 9.97 Å². The molecule has 0 atom stereocenters. The summed E-state index contributed by atoms with van der Waals surface area (Å²) in [6.07, 6.45) is 0. The molecule has 0 radical (unpaired) electrons. The van der Waals surface area contributed by atoms with Crippen molar-refractivity contribution >= 4 is 29.2 Å². The fourth-order valence-electron chi connectivity index (χ4n) is 1.46. The number of benzene rings is 1. The van der Waals surface area contributed by atoms with Crippen LogP contribution in [0, 0.1) is 6.92 Å². The molecular weight excluding hydrogens is 266 g/mol. The van der Waals surface area contributed by atoms with Crippen molar-refractivity contribution in [3.63, 3.8) is 0 Å². The van der Waals surface area contributed by atoms with Crippen molar-refractivity contribution in [2.75, 3.05) is 5.32 Å². The third-order valence-electron chi connectivity index (χ3n) is 2.22. The number of para-hydroxylation sites is 1. The molecule has 0 unspecified atom stereocenters. The predicted octanol–water partition coefficient (Wildman–Crippen LogP) is 1.79. The zero-order chi connectivity index (χ0) is 13.8. The SMILES string of the molecule is Cc1cc(=O)[nH]c(N=C(N)Nc2ccccc2Cl)n1. The molecule has 4 N–H and O–H groups in total. The Morgan fingerprint density at radius 2 is 2.21 bits per heavy atom. The maximum atomic E-state index is 11.3. The molecule has 0 aliphatic heterocycles. The van der Waals surface area contributed by atoms with E-state index in [1.807, 2.05) is 6.07 Å². The lowest BCUT2D eigenvalue weighted by atomic mass is 10.3. The zero-order valence-electron chi connectivity index (χ0n) is 10.1. The Labute approximate surface area is 114 Å². The van der Waals surface area contributed by atoms with Crippen LogP contribution in [0.3, 0.4) is 0 Å². The van der Waals surface area contributed by atoms with Crippen LogP contribution in [-0.4, -0.2) is 15.9 Å². The first-order valence-corrected chi connectivity index (χ1v) is 5.86. The molecule has 0 saturated heterocycles. The molecule has 0 aliphatic carbocycles. The summed E-state index contributed by atoms with van der Waals surface area (Å²) in [4.78, 5) is 21.7. The van der Waals surface area contributed by atoms with Gasteiger partial charge in [0.25, 0.3) is 5.56 Å². The summed E-state index contributed by atoms with van der Waals surface area (Å²) in [5, 5.41) is 3.35. The van der Waals surface area contributed by atoms with Gasteiger partial charge in [0.15, 0.2) is 0 Å². The first-order valence-electron chi connectivity index (χ1n) is 5.48. The first-order chi connectivity index (χ1) is 9.04. The lowest BCUT2D eigenvalue weighted by molar-refractivity contribution is 1.05. The number of halogens is 1. The Kier molecular flexibility index (Phi) is 3.82. The van der Waals surface area contributed by atoms with Crippen molar-refractivity contribution in [3.8, 4) is 0 Å². The van der Waals surface area contributed by atoms with Gasteiger partial charge in [-0.15, -0.1) is 0 Å².